The number of Topliss-reactive ketones (excluding diaryl/α,β-unsaturated/α-hetero) is 1. The van der Waals surface area contributed by atoms with Gasteiger partial charge < -0.3 is 24.7 Å². The maximum atomic E-state index is 13.0. The molecule has 176 valence electrons. The lowest BCUT2D eigenvalue weighted by molar-refractivity contribution is -0.139. The summed E-state index contributed by atoms with van der Waals surface area (Å²) >= 11 is 0. The van der Waals surface area contributed by atoms with Gasteiger partial charge in [0.2, 0.25) is 0 Å². The molecule has 1 fully saturated rings. The Hall–Kier alpha value is -3.32. The maximum absolute atomic E-state index is 13.0. The number of aromatic hydroxyl groups is 1. The molecule has 2 aromatic carbocycles. The number of hydrogen-bond donors (Lipinski definition) is 2. The monoisotopic (exact) mass is 452 g/mol. The number of carbonyl (C=O) groups excluding carboxylic acids is 2. The van der Waals surface area contributed by atoms with Crippen LogP contribution in [0.3, 0.4) is 0 Å². The number of hydrogen-bond acceptors (Lipinski definition) is 6. The molecule has 7 heteroatoms. The highest BCUT2D eigenvalue weighted by Gasteiger charge is 2.45. The zero-order chi connectivity index (χ0) is 24.0. The van der Waals surface area contributed by atoms with Gasteiger partial charge in [-0.15, -0.1) is 0 Å². The number of nitrogens with zero attached hydrogens (tertiary/aromatic N) is 2. The predicted octanol–water partition coefficient (Wildman–Crippen LogP) is 3.94. The van der Waals surface area contributed by atoms with Crippen molar-refractivity contribution in [2.45, 2.75) is 32.2 Å². The third-order valence-corrected chi connectivity index (χ3v) is 5.65. The van der Waals surface area contributed by atoms with Gasteiger partial charge in [0.05, 0.1) is 18.2 Å². The third kappa shape index (κ3) is 5.73. The van der Waals surface area contributed by atoms with Crippen molar-refractivity contribution in [3.8, 4) is 11.5 Å². The number of ketones is 1. The fourth-order valence-electron chi connectivity index (χ4n) is 3.87. The van der Waals surface area contributed by atoms with Gasteiger partial charge in [0, 0.05) is 12.1 Å². The zero-order valence-corrected chi connectivity index (χ0v) is 19.5. The van der Waals surface area contributed by atoms with E-state index < -0.39 is 17.7 Å². The second-order valence-corrected chi connectivity index (χ2v) is 8.47. The molecule has 1 unspecified atom stereocenters. The van der Waals surface area contributed by atoms with Crippen LogP contribution in [0.2, 0.25) is 0 Å². The molecular weight excluding hydrogens is 420 g/mol. The van der Waals surface area contributed by atoms with Gasteiger partial charge in [0.1, 0.15) is 17.3 Å². The summed E-state index contributed by atoms with van der Waals surface area (Å²) in [7, 11) is 3.89. The van der Waals surface area contributed by atoms with Gasteiger partial charge in [0.15, 0.2) is 0 Å². The molecule has 1 aliphatic rings. The smallest absolute Gasteiger partial charge is 0.295 e. The van der Waals surface area contributed by atoms with Crippen LogP contribution < -0.4 is 4.74 Å². The van der Waals surface area contributed by atoms with E-state index in [-0.39, 0.29) is 17.1 Å². The summed E-state index contributed by atoms with van der Waals surface area (Å²) in [6, 6.07) is 12.5. The largest absolute Gasteiger partial charge is 0.508 e. The first-order valence-electron chi connectivity index (χ1n) is 11.3. The number of unbranched alkanes of at least 4 members (excludes halogenated alkanes) is 1. The number of ether oxygens (including phenoxy) is 1. The zero-order valence-electron chi connectivity index (χ0n) is 19.5. The Morgan fingerprint density at radius 3 is 2.30 bits per heavy atom. The van der Waals surface area contributed by atoms with E-state index in [2.05, 4.69) is 6.92 Å². The van der Waals surface area contributed by atoms with Crippen LogP contribution in [0.15, 0.2) is 54.1 Å². The van der Waals surface area contributed by atoms with Crippen LogP contribution in [0, 0.1) is 0 Å². The maximum Gasteiger partial charge on any atom is 0.295 e. The fraction of sp³-hybridized carbons (Fsp3) is 0.385. The minimum Gasteiger partial charge on any atom is -0.508 e. The molecule has 7 nitrogen and oxygen atoms in total. The molecule has 0 saturated carbocycles. The average molecular weight is 453 g/mol. The molecule has 0 radical (unpaired) electrons. The number of carbonyl (C=O) groups is 2. The van der Waals surface area contributed by atoms with E-state index in [9.17, 15) is 19.8 Å². The number of phenolic OH excluding ortho intramolecular Hbond substituents is 1. The minimum absolute atomic E-state index is 0.0511. The molecule has 1 aliphatic heterocycles. The molecule has 0 spiro atoms. The molecule has 1 heterocycles. The van der Waals surface area contributed by atoms with Crippen LogP contribution in [0.4, 0.5) is 0 Å². The summed E-state index contributed by atoms with van der Waals surface area (Å²) in [6.45, 7) is 3.83. The average Bonchev–Trinajstić information content (AvgIpc) is 3.04. The molecule has 0 bridgehead atoms. The minimum atomic E-state index is -0.728. The molecule has 0 aliphatic carbocycles. The van der Waals surface area contributed by atoms with Crippen LogP contribution in [-0.2, 0) is 9.59 Å². The number of phenols is 1. The first kappa shape index (κ1) is 24.3. The van der Waals surface area contributed by atoms with Gasteiger partial charge in [-0.2, -0.15) is 0 Å². The summed E-state index contributed by atoms with van der Waals surface area (Å²) < 4.78 is 5.67. The molecule has 33 heavy (non-hydrogen) atoms. The number of benzene rings is 2. The SMILES string of the molecule is CCCCOc1ccc(/C(O)=C2\C(=O)C(=O)N(CCCN(C)C)C2c2ccc(O)cc2)cc1. The number of amides is 1. The van der Waals surface area contributed by atoms with Crippen molar-refractivity contribution >= 4 is 17.4 Å². The third-order valence-electron chi connectivity index (χ3n) is 5.65. The van der Waals surface area contributed by atoms with Crippen molar-refractivity contribution in [3.63, 3.8) is 0 Å². The molecular formula is C26H32N2O5. The van der Waals surface area contributed by atoms with Crippen LogP contribution in [0.1, 0.15) is 43.4 Å². The Bertz CT molecular complexity index is 996. The summed E-state index contributed by atoms with van der Waals surface area (Å²) in [5, 5.41) is 20.8. The first-order valence-corrected chi connectivity index (χ1v) is 11.3. The number of rotatable bonds is 10. The first-order chi connectivity index (χ1) is 15.8. The quantitative estimate of drug-likeness (QED) is 0.246. The van der Waals surface area contributed by atoms with Crippen LogP contribution in [0.5, 0.6) is 11.5 Å². The summed E-state index contributed by atoms with van der Waals surface area (Å²) in [4.78, 5) is 29.5. The lowest BCUT2D eigenvalue weighted by Crippen LogP contribution is -2.32. The molecule has 1 atom stereocenters. The van der Waals surface area contributed by atoms with Gasteiger partial charge in [-0.05, 0) is 75.4 Å². The van der Waals surface area contributed by atoms with Crippen molar-refractivity contribution in [1.82, 2.24) is 9.80 Å². The van der Waals surface area contributed by atoms with Crippen LogP contribution in [0.25, 0.3) is 5.76 Å². The predicted molar refractivity (Wildman–Crippen MR) is 127 cm³/mol. The van der Waals surface area contributed by atoms with E-state index in [1.54, 1.807) is 36.4 Å². The highest BCUT2D eigenvalue weighted by atomic mass is 16.5. The summed E-state index contributed by atoms with van der Waals surface area (Å²) in [5.74, 6) is -0.797. The van der Waals surface area contributed by atoms with E-state index in [0.717, 1.165) is 19.4 Å². The Morgan fingerprint density at radius 2 is 1.70 bits per heavy atom. The molecule has 1 saturated heterocycles. The standard InChI is InChI=1S/C26H32N2O5/c1-4-5-17-33-21-13-9-19(10-14-21)24(30)22-23(18-7-11-20(29)12-8-18)28(26(32)25(22)31)16-6-15-27(2)3/h7-14,23,29-30H,4-6,15-17H2,1-3H3/b24-22+. The van der Waals surface area contributed by atoms with Gasteiger partial charge >= 0.3 is 0 Å². The van der Waals surface area contributed by atoms with Crippen molar-refractivity contribution in [2.24, 2.45) is 0 Å². The molecule has 2 N–H and O–H groups in total. The van der Waals surface area contributed by atoms with Crippen LogP contribution in [-0.4, -0.2) is 65.5 Å². The fourth-order valence-corrected chi connectivity index (χ4v) is 3.87. The highest BCUT2D eigenvalue weighted by Crippen LogP contribution is 2.40. The molecule has 0 aromatic heterocycles. The normalized spacial score (nSPS) is 17.7. The Balaban J connectivity index is 1.97. The summed E-state index contributed by atoms with van der Waals surface area (Å²) in [6.07, 6.45) is 2.66. The van der Waals surface area contributed by atoms with E-state index in [1.165, 1.54) is 17.0 Å². The van der Waals surface area contributed by atoms with Gasteiger partial charge in [-0.3, -0.25) is 9.59 Å². The van der Waals surface area contributed by atoms with E-state index >= 15 is 0 Å². The second kappa shape index (κ2) is 11.0. The number of aliphatic hydroxyl groups is 1. The van der Waals surface area contributed by atoms with Crippen molar-refractivity contribution < 1.29 is 24.5 Å². The Kier molecular flexibility index (Phi) is 8.11. The van der Waals surface area contributed by atoms with Crippen molar-refractivity contribution in [1.29, 1.82) is 0 Å². The number of aliphatic hydroxyl groups excluding tert-OH is 1. The Morgan fingerprint density at radius 1 is 1.03 bits per heavy atom. The van der Waals surface area contributed by atoms with E-state index in [4.69, 9.17) is 4.74 Å². The lowest BCUT2D eigenvalue weighted by atomic mass is 9.95. The van der Waals surface area contributed by atoms with Gasteiger partial charge in [0.25, 0.3) is 11.7 Å². The highest BCUT2D eigenvalue weighted by molar-refractivity contribution is 6.46. The Labute approximate surface area is 194 Å². The topological polar surface area (TPSA) is 90.3 Å². The molecule has 1 amide bonds. The second-order valence-electron chi connectivity index (χ2n) is 8.47. The van der Waals surface area contributed by atoms with Crippen molar-refractivity contribution in [3.05, 3.63) is 65.2 Å². The van der Waals surface area contributed by atoms with Crippen molar-refractivity contribution in [2.75, 3.05) is 33.8 Å². The van der Waals surface area contributed by atoms with Crippen LogP contribution >= 0.6 is 0 Å². The van der Waals surface area contributed by atoms with Gasteiger partial charge in [-0.1, -0.05) is 25.5 Å². The molecule has 3 rings (SSSR count). The lowest BCUT2D eigenvalue weighted by Gasteiger charge is -2.26. The summed E-state index contributed by atoms with van der Waals surface area (Å²) in [5.41, 5.74) is 1.14. The van der Waals surface area contributed by atoms with E-state index in [0.29, 0.717) is 36.4 Å². The van der Waals surface area contributed by atoms with Gasteiger partial charge in [-0.25, -0.2) is 0 Å². The van der Waals surface area contributed by atoms with E-state index in [1.807, 2.05) is 19.0 Å². The number of likely N-dealkylation sites (tertiary alicyclic amines) is 1. The molecule has 2 aromatic rings.